The SMILES string of the molecule is COc1ccc(CC2C(C)C(C)=CCN2C)cc1. The van der Waals surface area contributed by atoms with Crippen LogP contribution in [-0.4, -0.2) is 31.6 Å². The van der Waals surface area contributed by atoms with E-state index in [0.717, 1.165) is 18.7 Å². The summed E-state index contributed by atoms with van der Waals surface area (Å²) in [4.78, 5) is 2.45. The van der Waals surface area contributed by atoms with Crippen LogP contribution in [0.2, 0.25) is 0 Å². The van der Waals surface area contributed by atoms with Crippen molar-refractivity contribution in [3.8, 4) is 5.75 Å². The molecule has 1 aliphatic heterocycles. The molecule has 2 atom stereocenters. The van der Waals surface area contributed by atoms with Gasteiger partial charge in [0.15, 0.2) is 0 Å². The lowest BCUT2D eigenvalue weighted by atomic mass is 9.86. The summed E-state index contributed by atoms with van der Waals surface area (Å²) in [5.41, 5.74) is 2.90. The van der Waals surface area contributed by atoms with Crippen molar-refractivity contribution in [1.82, 2.24) is 4.90 Å². The minimum Gasteiger partial charge on any atom is -0.497 e. The molecule has 1 aromatic carbocycles. The van der Waals surface area contributed by atoms with Crippen LogP contribution in [0, 0.1) is 5.92 Å². The van der Waals surface area contributed by atoms with Crippen LogP contribution >= 0.6 is 0 Å². The molecule has 18 heavy (non-hydrogen) atoms. The molecule has 2 unspecified atom stereocenters. The highest BCUT2D eigenvalue weighted by atomic mass is 16.5. The number of hydrogen-bond donors (Lipinski definition) is 0. The third kappa shape index (κ3) is 2.75. The van der Waals surface area contributed by atoms with Crippen LogP contribution < -0.4 is 4.74 Å². The average Bonchev–Trinajstić information content (AvgIpc) is 2.40. The van der Waals surface area contributed by atoms with Gasteiger partial charge in [0, 0.05) is 12.6 Å². The van der Waals surface area contributed by atoms with Crippen molar-refractivity contribution in [3.63, 3.8) is 0 Å². The van der Waals surface area contributed by atoms with E-state index in [-0.39, 0.29) is 0 Å². The van der Waals surface area contributed by atoms with Crippen molar-refractivity contribution in [1.29, 1.82) is 0 Å². The molecule has 0 radical (unpaired) electrons. The fourth-order valence-electron chi connectivity index (χ4n) is 2.63. The van der Waals surface area contributed by atoms with Gasteiger partial charge in [0.25, 0.3) is 0 Å². The lowest BCUT2D eigenvalue weighted by Crippen LogP contribution is -2.42. The van der Waals surface area contributed by atoms with Crippen molar-refractivity contribution in [2.75, 3.05) is 20.7 Å². The third-order valence-corrected chi connectivity index (χ3v) is 4.17. The Kier molecular flexibility index (Phi) is 4.07. The molecule has 0 saturated heterocycles. The van der Waals surface area contributed by atoms with Gasteiger partial charge in [0.1, 0.15) is 5.75 Å². The lowest BCUT2D eigenvalue weighted by molar-refractivity contribution is 0.201. The zero-order valence-corrected chi connectivity index (χ0v) is 11.8. The summed E-state index contributed by atoms with van der Waals surface area (Å²) in [6.45, 7) is 5.64. The van der Waals surface area contributed by atoms with E-state index < -0.39 is 0 Å². The molecular formula is C16H23NO. The number of nitrogens with zero attached hydrogens (tertiary/aromatic N) is 1. The monoisotopic (exact) mass is 245 g/mol. The Morgan fingerprint density at radius 1 is 1.28 bits per heavy atom. The van der Waals surface area contributed by atoms with Gasteiger partial charge in [-0.05, 0) is 44.0 Å². The second-order valence-electron chi connectivity index (χ2n) is 5.30. The number of hydrogen-bond acceptors (Lipinski definition) is 2. The smallest absolute Gasteiger partial charge is 0.118 e. The molecule has 98 valence electrons. The first-order chi connectivity index (χ1) is 8.61. The van der Waals surface area contributed by atoms with Gasteiger partial charge in [0.05, 0.1) is 7.11 Å². The van der Waals surface area contributed by atoms with Gasteiger partial charge in [-0.3, -0.25) is 4.90 Å². The van der Waals surface area contributed by atoms with Gasteiger partial charge in [-0.1, -0.05) is 30.7 Å². The molecule has 0 aliphatic carbocycles. The van der Waals surface area contributed by atoms with Gasteiger partial charge >= 0.3 is 0 Å². The lowest BCUT2D eigenvalue weighted by Gasteiger charge is -2.37. The highest BCUT2D eigenvalue weighted by Gasteiger charge is 2.26. The molecule has 0 saturated carbocycles. The summed E-state index contributed by atoms with van der Waals surface area (Å²) >= 11 is 0. The van der Waals surface area contributed by atoms with Crippen LogP contribution in [0.1, 0.15) is 19.4 Å². The highest BCUT2D eigenvalue weighted by molar-refractivity contribution is 5.28. The van der Waals surface area contributed by atoms with Crippen LogP contribution in [0.4, 0.5) is 0 Å². The molecule has 1 aromatic rings. The van der Waals surface area contributed by atoms with Crippen molar-refractivity contribution in [3.05, 3.63) is 41.5 Å². The minimum atomic E-state index is 0.600. The summed E-state index contributed by atoms with van der Waals surface area (Å²) in [5.74, 6) is 1.56. The van der Waals surface area contributed by atoms with E-state index in [1.165, 1.54) is 11.1 Å². The Bertz CT molecular complexity index is 421. The van der Waals surface area contributed by atoms with Crippen LogP contribution in [0.15, 0.2) is 35.9 Å². The van der Waals surface area contributed by atoms with Crippen LogP contribution in [0.25, 0.3) is 0 Å². The molecule has 2 rings (SSSR count). The van der Waals surface area contributed by atoms with E-state index in [1.54, 1.807) is 7.11 Å². The van der Waals surface area contributed by atoms with Crippen LogP contribution in [0.3, 0.4) is 0 Å². The van der Waals surface area contributed by atoms with E-state index in [0.29, 0.717) is 12.0 Å². The van der Waals surface area contributed by atoms with Crippen molar-refractivity contribution < 1.29 is 4.74 Å². The van der Waals surface area contributed by atoms with E-state index >= 15 is 0 Å². The number of rotatable bonds is 3. The molecular weight excluding hydrogens is 222 g/mol. The fraction of sp³-hybridized carbons (Fsp3) is 0.500. The van der Waals surface area contributed by atoms with Gasteiger partial charge in [-0.2, -0.15) is 0 Å². The largest absolute Gasteiger partial charge is 0.497 e. The Hall–Kier alpha value is -1.28. The fourth-order valence-corrected chi connectivity index (χ4v) is 2.63. The zero-order chi connectivity index (χ0) is 13.1. The molecule has 2 nitrogen and oxygen atoms in total. The second-order valence-corrected chi connectivity index (χ2v) is 5.30. The maximum atomic E-state index is 5.20. The molecule has 0 amide bonds. The molecule has 0 fully saturated rings. The topological polar surface area (TPSA) is 12.5 Å². The molecule has 0 aromatic heterocycles. The molecule has 0 spiro atoms. The van der Waals surface area contributed by atoms with E-state index in [2.05, 4.69) is 44.0 Å². The maximum absolute atomic E-state index is 5.20. The summed E-state index contributed by atoms with van der Waals surface area (Å²) in [7, 11) is 3.92. The Labute approximate surface area is 110 Å². The van der Waals surface area contributed by atoms with E-state index in [1.807, 2.05) is 12.1 Å². The highest BCUT2D eigenvalue weighted by Crippen LogP contribution is 2.26. The van der Waals surface area contributed by atoms with Crippen molar-refractivity contribution in [2.45, 2.75) is 26.3 Å². The standard InChI is InChI=1S/C16H23NO/c1-12-9-10-17(3)16(13(12)2)11-14-5-7-15(18-4)8-6-14/h5-9,13,16H,10-11H2,1-4H3. The summed E-state index contributed by atoms with van der Waals surface area (Å²) in [6.07, 6.45) is 3.45. The first kappa shape index (κ1) is 13.2. The van der Waals surface area contributed by atoms with E-state index in [9.17, 15) is 0 Å². The second kappa shape index (κ2) is 5.57. The number of ether oxygens (including phenoxy) is 1. The molecule has 2 heteroatoms. The Balaban J connectivity index is 2.09. The maximum Gasteiger partial charge on any atom is 0.118 e. The Morgan fingerprint density at radius 3 is 2.56 bits per heavy atom. The first-order valence-electron chi connectivity index (χ1n) is 6.61. The summed E-state index contributed by atoms with van der Waals surface area (Å²) < 4.78 is 5.20. The number of benzene rings is 1. The minimum absolute atomic E-state index is 0.600. The normalized spacial score (nSPS) is 24.8. The number of methoxy groups -OCH3 is 1. The Morgan fingerprint density at radius 2 is 1.94 bits per heavy atom. The van der Waals surface area contributed by atoms with Crippen molar-refractivity contribution >= 4 is 0 Å². The molecule has 0 N–H and O–H groups in total. The zero-order valence-electron chi connectivity index (χ0n) is 11.8. The van der Waals surface area contributed by atoms with Crippen molar-refractivity contribution in [2.24, 2.45) is 5.92 Å². The molecule has 1 aliphatic rings. The number of likely N-dealkylation sites (N-methyl/N-ethyl adjacent to an activating group) is 1. The summed E-state index contributed by atoms with van der Waals surface area (Å²) in [5, 5.41) is 0. The predicted octanol–water partition coefficient (Wildman–Crippen LogP) is 3.13. The summed E-state index contributed by atoms with van der Waals surface area (Å²) in [6, 6.07) is 9.04. The van der Waals surface area contributed by atoms with E-state index in [4.69, 9.17) is 4.74 Å². The molecule has 1 heterocycles. The van der Waals surface area contributed by atoms with Crippen LogP contribution in [-0.2, 0) is 6.42 Å². The third-order valence-electron chi connectivity index (χ3n) is 4.17. The molecule has 0 bridgehead atoms. The first-order valence-corrected chi connectivity index (χ1v) is 6.61. The van der Waals surface area contributed by atoms with Gasteiger partial charge in [-0.25, -0.2) is 0 Å². The van der Waals surface area contributed by atoms with Crippen LogP contribution in [0.5, 0.6) is 5.75 Å². The quantitative estimate of drug-likeness (QED) is 0.759. The predicted molar refractivity (Wildman–Crippen MR) is 76.0 cm³/mol. The van der Waals surface area contributed by atoms with Gasteiger partial charge in [0.2, 0.25) is 0 Å². The van der Waals surface area contributed by atoms with Gasteiger partial charge < -0.3 is 4.74 Å². The average molecular weight is 245 g/mol. The van der Waals surface area contributed by atoms with Gasteiger partial charge in [-0.15, -0.1) is 0 Å².